The van der Waals surface area contributed by atoms with Crippen molar-refractivity contribution < 1.29 is 18.0 Å². The van der Waals surface area contributed by atoms with Crippen molar-refractivity contribution in [3.63, 3.8) is 0 Å². The molecule has 4 nitrogen and oxygen atoms in total. The number of piperazine rings is 1. The molecule has 0 spiro atoms. The Morgan fingerprint density at radius 2 is 1.77 bits per heavy atom. The molecule has 2 fully saturated rings. The Labute approximate surface area is 184 Å². The van der Waals surface area contributed by atoms with Crippen molar-refractivity contribution >= 4 is 11.6 Å². The van der Waals surface area contributed by atoms with Crippen LogP contribution in [0.3, 0.4) is 0 Å². The summed E-state index contributed by atoms with van der Waals surface area (Å²) in [7, 11) is 0. The molecule has 0 radical (unpaired) electrons. The maximum Gasteiger partial charge on any atom is 0.416 e. The van der Waals surface area contributed by atoms with Crippen LogP contribution >= 0.6 is 0 Å². The molecule has 7 heteroatoms. The van der Waals surface area contributed by atoms with E-state index < -0.39 is 11.7 Å². The van der Waals surface area contributed by atoms with Gasteiger partial charge in [0.2, 0.25) is 5.91 Å². The standard InChI is InChI=1S/C24H36F3N3O/c1-3-5-23(31)28-20-10-8-19(9-11-20)12-13-29-14-16-30(17-15-29)22-7-4-6-21(18(22)2)24(25,26)27/h4,6-7,19-20H,3,5,8-17H2,1-2H3,(H,28,31). The second kappa shape index (κ2) is 10.7. The average molecular weight is 440 g/mol. The molecule has 1 amide bonds. The molecule has 0 aromatic heterocycles. The third kappa shape index (κ3) is 6.61. The van der Waals surface area contributed by atoms with E-state index in [0.717, 1.165) is 58.4 Å². The van der Waals surface area contributed by atoms with E-state index in [1.54, 1.807) is 13.0 Å². The van der Waals surface area contributed by atoms with E-state index >= 15 is 0 Å². The Bertz CT molecular complexity index is 721. The highest BCUT2D eigenvalue weighted by atomic mass is 19.4. The van der Waals surface area contributed by atoms with Crippen molar-refractivity contribution in [2.75, 3.05) is 37.6 Å². The smallest absolute Gasteiger partial charge is 0.369 e. The number of rotatable bonds is 7. The summed E-state index contributed by atoms with van der Waals surface area (Å²) in [5.41, 5.74) is 0.498. The highest BCUT2D eigenvalue weighted by Gasteiger charge is 2.34. The fourth-order valence-corrected chi connectivity index (χ4v) is 4.97. The second-order valence-electron chi connectivity index (χ2n) is 9.10. The highest BCUT2D eigenvalue weighted by molar-refractivity contribution is 5.76. The van der Waals surface area contributed by atoms with Crippen LogP contribution in [-0.2, 0) is 11.0 Å². The van der Waals surface area contributed by atoms with Gasteiger partial charge in [0, 0.05) is 44.3 Å². The van der Waals surface area contributed by atoms with Crippen LogP contribution in [0.1, 0.15) is 63.0 Å². The van der Waals surface area contributed by atoms with E-state index in [-0.39, 0.29) is 5.91 Å². The van der Waals surface area contributed by atoms with Crippen molar-refractivity contribution in [1.82, 2.24) is 10.2 Å². The third-order valence-corrected chi connectivity index (χ3v) is 6.87. The van der Waals surface area contributed by atoms with Gasteiger partial charge in [-0.25, -0.2) is 0 Å². The predicted molar refractivity (Wildman–Crippen MR) is 118 cm³/mol. The minimum atomic E-state index is -4.31. The molecule has 1 N–H and O–H groups in total. The number of carbonyl (C=O) groups excluding carboxylic acids is 1. The summed E-state index contributed by atoms with van der Waals surface area (Å²) in [6.45, 7) is 7.95. The number of amides is 1. The van der Waals surface area contributed by atoms with Gasteiger partial charge in [0.15, 0.2) is 0 Å². The molecule has 1 aliphatic carbocycles. The fourth-order valence-electron chi connectivity index (χ4n) is 4.97. The molecule has 1 aromatic carbocycles. The average Bonchev–Trinajstić information content (AvgIpc) is 2.73. The number of nitrogens with one attached hydrogen (secondary N) is 1. The molecule has 1 saturated heterocycles. The Morgan fingerprint density at radius 3 is 2.39 bits per heavy atom. The van der Waals surface area contributed by atoms with Crippen molar-refractivity contribution in [2.45, 2.75) is 71.0 Å². The van der Waals surface area contributed by atoms with Gasteiger partial charge in [-0.05, 0) is 75.6 Å². The lowest BCUT2D eigenvalue weighted by atomic mass is 9.84. The number of hydrogen-bond donors (Lipinski definition) is 1. The van der Waals surface area contributed by atoms with Crippen LogP contribution in [0.15, 0.2) is 18.2 Å². The van der Waals surface area contributed by atoms with E-state index in [2.05, 4.69) is 15.1 Å². The molecule has 0 atom stereocenters. The molecule has 0 unspecified atom stereocenters. The molecule has 2 aliphatic rings. The van der Waals surface area contributed by atoms with Gasteiger partial charge in [0.25, 0.3) is 0 Å². The zero-order valence-corrected chi connectivity index (χ0v) is 18.8. The SMILES string of the molecule is CCCC(=O)NC1CCC(CCN2CCN(c3cccc(C(F)(F)F)c3C)CC2)CC1. The quantitative estimate of drug-likeness (QED) is 0.649. The summed E-state index contributed by atoms with van der Waals surface area (Å²) >= 11 is 0. The molecule has 1 aliphatic heterocycles. The summed E-state index contributed by atoms with van der Waals surface area (Å²) in [6, 6.07) is 4.82. The van der Waals surface area contributed by atoms with Crippen LogP contribution in [0.25, 0.3) is 0 Å². The van der Waals surface area contributed by atoms with Gasteiger partial charge in [-0.3, -0.25) is 9.69 Å². The van der Waals surface area contributed by atoms with Crippen LogP contribution in [0, 0.1) is 12.8 Å². The van der Waals surface area contributed by atoms with Crippen molar-refractivity contribution in [3.05, 3.63) is 29.3 Å². The number of anilines is 1. The minimum absolute atomic E-state index is 0.180. The van der Waals surface area contributed by atoms with Crippen molar-refractivity contribution in [1.29, 1.82) is 0 Å². The summed E-state index contributed by atoms with van der Waals surface area (Å²) in [4.78, 5) is 16.3. The number of halogens is 3. The number of nitrogens with zero attached hydrogens (tertiary/aromatic N) is 2. The van der Waals surface area contributed by atoms with E-state index in [1.807, 2.05) is 6.92 Å². The van der Waals surface area contributed by atoms with Gasteiger partial charge in [-0.2, -0.15) is 13.2 Å². The number of alkyl halides is 3. The molecular formula is C24H36F3N3O. The summed E-state index contributed by atoms with van der Waals surface area (Å²) in [5, 5.41) is 3.16. The monoisotopic (exact) mass is 439 g/mol. The molecule has 174 valence electrons. The van der Waals surface area contributed by atoms with Gasteiger partial charge < -0.3 is 10.2 Å². The molecule has 1 saturated carbocycles. The van der Waals surface area contributed by atoms with Crippen LogP contribution in [0.2, 0.25) is 0 Å². The maximum atomic E-state index is 13.2. The molecule has 3 rings (SSSR count). The number of carbonyl (C=O) groups is 1. The molecule has 1 heterocycles. The van der Waals surface area contributed by atoms with Crippen LogP contribution < -0.4 is 10.2 Å². The molecule has 1 aromatic rings. The van der Waals surface area contributed by atoms with Crippen LogP contribution in [0.5, 0.6) is 0 Å². The third-order valence-electron chi connectivity index (χ3n) is 6.87. The zero-order valence-electron chi connectivity index (χ0n) is 18.8. The first-order valence-corrected chi connectivity index (χ1v) is 11.7. The fraction of sp³-hybridized carbons (Fsp3) is 0.708. The number of hydrogen-bond acceptors (Lipinski definition) is 3. The maximum absolute atomic E-state index is 13.2. The Hall–Kier alpha value is -1.76. The topological polar surface area (TPSA) is 35.6 Å². The lowest BCUT2D eigenvalue weighted by molar-refractivity contribution is -0.138. The lowest BCUT2D eigenvalue weighted by Crippen LogP contribution is -2.47. The summed E-state index contributed by atoms with van der Waals surface area (Å²) in [6.07, 6.45) is 2.85. The van der Waals surface area contributed by atoms with Gasteiger partial charge in [-0.15, -0.1) is 0 Å². The summed E-state index contributed by atoms with van der Waals surface area (Å²) in [5.74, 6) is 0.892. The van der Waals surface area contributed by atoms with Gasteiger partial charge in [-0.1, -0.05) is 13.0 Å². The Kier molecular flexibility index (Phi) is 8.25. The first-order chi connectivity index (χ1) is 14.8. The van der Waals surface area contributed by atoms with Gasteiger partial charge in [0.05, 0.1) is 5.56 Å². The normalized spacial score (nSPS) is 23.1. The molecule has 0 bridgehead atoms. The number of benzene rings is 1. The minimum Gasteiger partial charge on any atom is -0.369 e. The van der Waals surface area contributed by atoms with E-state index in [9.17, 15) is 18.0 Å². The van der Waals surface area contributed by atoms with Gasteiger partial charge in [0.1, 0.15) is 0 Å². The zero-order chi connectivity index (χ0) is 22.4. The highest BCUT2D eigenvalue weighted by Crippen LogP contribution is 2.36. The Balaban J connectivity index is 1.40. The van der Waals surface area contributed by atoms with Crippen LogP contribution in [-0.4, -0.2) is 49.6 Å². The van der Waals surface area contributed by atoms with E-state index in [1.165, 1.54) is 25.0 Å². The van der Waals surface area contributed by atoms with Crippen molar-refractivity contribution in [3.8, 4) is 0 Å². The Morgan fingerprint density at radius 1 is 1.10 bits per heavy atom. The molecular weight excluding hydrogens is 403 g/mol. The summed E-state index contributed by atoms with van der Waals surface area (Å²) < 4.78 is 39.6. The predicted octanol–water partition coefficient (Wildman–Crippen LogP) is 5.00. The molecule has 31 heavy (non-hydrogen) atoms. The lowest BCUT2D eigenvalue weighted by Gasteiger charge is -2.38. The second-order valence-corrected chi connectivity index (χ2v) is 9.10. The van der Waals surface area contributed by atoms with Crippen LogP contribution in [0.4, 0.5) is 18.9 Å². The van der Waals surface area contributed by atoms with E-state index in [4.69, 9.17) is 0 Å². The van der Waals surface area contributed by atoms with Crippen molar-refractivity contribution in [2.24, 2.45) is 5.92 Å². The first kappa shape index (κ1) is 23.9. The van der Waals surface area contributed by atoms with Gasteiger partial charge >= 0.3 is 6.18 Å². The largest absolute Gasteiger partial charge is 0.416 e. The van der Waals surface area contributed by atoms with E-state index in [0.29, 0.717) is 29.6 Å². The first-order valence-electron chi connectivity index (χ1n) is 11.7.